The first-order chi connectivity index (χ1) is 11.4. The minimum Gasteiger partial charge on any atom is -0.339 e. The lowest BCUT2D eigenvalue weighted by molar-refractivity contribution is 0.206. The fourth-order valence-electron chi connectivity index (χ4n) is 2.84. The number of amides is 2. The van der Waals surface area contributed by atoms with Gasteiger partial charge in [0, 0.05) is 45.1 Å². The van der Waals surface area contributed by atoms with Crippen molar-refractivity contribution in [1.29, 1.82) is 0 Å². The van der Waals surface area contributed by atoms with Crippen LogP contribution in [0.15, 0.2) is 4.52 Å². The number of nitrogens with one attached hydrogen (secondary N) is 1. The molecule has 0 saturated carbocycles. The summed E-state index contributed by atoms with van der Waals surface area (Å²) in [5.74, 6) is 2.08. The summed E-state index contributed by atoms with van der Waals surface area (Å²) in [7, 11) is 1.80. The summed E-state index contributed by atoms with van der Waals surface area (Å²) in [5.41, 5.74) is 0. The van der Waals surface area contributed by atoms with Crippen LogP contribution in [0.4, 0.5) is 4.79 Å². The Kier molecular flexibility index (Phi) is 6.60. The number of urea groups is 1. The topological polar surface area (TPSA) is 74.5 Å². The third kappa shape index (κ3) is 5.19. The van der Waals surface area contributed by atoms with Crippen LogP contribution < -0.4 is 5.32 Å². The third-order valence-electron chi connectivity index (χ3n) is 4.58. The van der Waals surface area contributed by atoms with Crippen molar-refractivity contribution >= 4 is 6.03 Å². The average molecular weight is 337 g/mol. The van der Waals surface area contributed by atoms with Crippen LogP contribution in [0.25, 0.3) is 0 Å². The highest BCUT2D eigenvalue weighted by Gasteiger charge is 2.24. The van der Waals surface area contributed by atoms with E-state index in [0.29, 0.717) is 36.6 Å². The summed E-state index contributed by atoms with van der Waals surface area (Å²) >= 11 is 0. The molecular formula is C17H31N5O2. The van der Waals surface area contributed by atoms with Crippen LogP contribution >= 0.6 is 0 Å². The Morgan fingerprint density at radius 2 is 2.17 bits per heavy atom. The van der Waals surface area contributed by atoms with E-state index in [4.69, 9.17) is 4.52 Å². The lowest BCUT2D eigenvalue weighted by atomic mass is 10.1. The summed E-state index contributed by atoms with van der Waals surface area (Å²) in [6, 6.07) is 0.546. The quantitative estimate of drug-likeness (QED) is 0.825. The van der Waals surface area contributed by atoms with E-state index in [1.165, 1.54) is 0 Å². The lowest BCUT2D eigenvalue weighted by Gasteiger charge is -2.21. The van der Waals surface area contributed by atoms with Gasteiger partial charge in [-0.15, -0.1) is 0 Å². The van der Waals surface area contributed by atoms with Gasteiger partial charge in [0.25, 0.3) is 0 Å². The molecule has 2 heterocycles. The molecule has 0 bridgehead atoms. The van der Waals surface area contributed by atoms with Gasteiger partial charge in [0.05, 0.1) is 0 Å². The Bertz CT molecular complexity index is 529. The zero-order valence-electron chi connectivity index (χ0n) is 15.6. The number of hydrogen-bond acceptors (Lipinski definition) is 5. The first-order valence-electron chi connectivity index (χ1n) is 8.92. The van der Waals surface area contributed by atoms with Crippen molar-refractivity contribution in [2.75, 3.05) is 33.2 Å². The largest absolute Gasteiger partial charge is 0.339 e. The minimum atomic E-state index is -0.0365. The summed E-state index contributed by atoms with van der Waals surface area (Å²) in [4.78, 5) is 20.7. The standard InChI is InChI=1S/C17H31N5O2/c1-12(2)16-19-15(20-24-16)7-8-21(5)17(23)18-10-14-6-9-22(11-14)13(3)4/h12-14H,6-11H2,1-5H3,(H,18,23). The monoisotopic (exact) mass is 337 g/mol. The fourth-order valence-corrected chi connectivity index (χ4v) is 2.84. The van der Waals surface area contributed by atoms with E-state index in [-0.39, 0.29) is 11.9 Å². The molecule has 1 aliphatic heterocycles. The molecule has 1 aliphatic rings. The third-order valence-corrected chi connectivity index (χ3v) is 4.58. The second kappa shape index (κ2) is 8.46. The maximum Gasteiger partial charge on any atom is 0.317 e. The van der Waals surface area contributed by atoms with Gasteiger partial charge >= 0.3 is 6.03 Å². The van der Waals surface area contributed by atoms with E-state index in [2.05, 4.69) is 34.2 Å². The second-order valence-corrected chi connectivity index (χ2v) is 7.30. The van der Waals surface area contributed by atoms with Crippen LogP contribution in [-0.4, -0.2) is 65.2 Å². The first-order valence-corrected chi connectivity index (χ1v) is 8.92. The SMILES string of the molecule is CC(C)c1nc(CCN(C)C(=O)NCC2CCN(C(C)C)C2)no1. The Balaban J connectivity index is 1.68. The second-order valence-electron chi connectivity index (χ2n) is 7.30. The molecule has 0 aromatic carbocycles. The Morgan fingerprint density at radius 1 is 1.42 bits per heavy atom. The number of carbonyl (C=O) groups is 1. The van der Waals surface area contributed by atoms with Crippen molar-refractivity contribution in [1.82, 2.24) is 25.3 Å². The highest BCUT2D eigenvalue weighted by molar-refractivity contribution is 5.73. The van der Waals surface area contributed by atoms with Gasteiger partial charge in [0.15, 0.2) is 5.82 Å². The van der Waals surface area contributed by atoms with Crippen molar-refractivity contribution in [3.05, 3.63) is 11.7 Å². The normalized spacial score (nSPS) is 18.5. The molecule has 1 atom stereocenters. The number of rotatable bonds is 7. The van der Waals surface area contributed by atoms with Crippen LogP contribution in [0.3, 0.4) is 0 Å². The van der Waals surface area contributed by atoms with Gasteiger partial charge in [-0.1, -0.05) is 19.0 Å². The Hall–Kier alpha value is -1.63. The number of nitrogens with zero attached hydrogens (tertiary/aromatic N) is 4. The molecule has 1 saturated heterocycles. The van der Waals surface area contributed by atoms with Crippen LogP contribution in [0.2, 0.25) is 0 Å². The van der Waals surface area contributed by atoms with Gasteiger partial charge in [-0.05, 0) is 32.7 Å². The van der Waals surface area contributed by atoms with Crippen LogP contribution in [-0.2, 0) is 6.42 Å². The molecular weight excluding hydrogens is 306 g/mol. The summed E-state index contributed by atoms with van der Waals surface area (Å²) < 4.78 is 5.18. The molecule has 7 nitrogen and oxygen atoms in total. The maximum atomic E-state index is 12.2. The molecule has 1 N–H and O–H groups in total. The van der Waals surface area contributed by atoms with Gasteiger partial charge in [-0.25, -0.2) is 4.79 Å². The van der Waals surface area contributed by atoms with Gasteiger partial charge in [0.2, 0.25) is 5.89 Å². The van der Waals surface area contributed by atoms with E-state index < -0.39 is 0 Å². The Morgan fingerprint density at radius 3 is 2.75 bits per heavy atom. The van der Waals surface area contributed by atoms with Crippen molar-refractivity contribution in [3.8, 4) is 0 Å². The van der Waals surface area contributed by atoms with E-state index in [1.54, 1.807) is 11.9 Å². The molecule has 2 rings (SSSR count). The van der Waals surface area contributed by atoms with Gasteiger partial charge < -0.3 is 19.6 Å². The van der Waals surface area contributed by atoms with Crippen molar-refractivity contribution < 1.29 is 9.32 Å². The number of likely N-dealkylation sites (N-methyl/N-ethyl adjacent to an activating group) is 1. The summed E-state index contributed by atoms with van der Waals surface area (Å²) in [6.07, 6.45) is 1.76. The molecule has 7 heteroatoms. The van der Waals surface area contributed by atoms with Gasteiger partial charge in [-0.2, -0.15) is 4.98 Å². The van der Waals surface area contributed by atoms with Crippen LogP contribution in [0.1, 0.15) is 51.7 Å². The summed E-state index contributed by atoms with van der Waals surface area (Å²) in [5, 5.41) is 6.99. The number of likely N-dealkylation sites (tertiary alicyclic amines) is 1. The molecule has 0 radical (unpaired) electrons. The molecule has 136 valence electrons. The molecule has 0 aliphatic carbocycles. The molecule has 1 unspecified atom stereocenters. The van der Waals surface area contributed by atoms with E-state index in [1.807, 2.05) is 13.8 Å². The first kappa shape index (κ1) is 18.7. The van der Waals surface area contributed by atoms with Crippen LogP contribution in [0, 0.1) is 5.92 Å². The molecule has 1 aromatic heterocycles. The smallest absolute Gasteiger partial charge is 0.317 e. The predicted octanol–water partition coefficient (Wildman–Crippen LogP) is 2.11. The van der Waals surface area contributed by atoms with Crippen molar-refractivity contribution in [3.63, 3.8) is 0 Å². The fraction of sp³-hybridized carbons (Fsp3) is 0.824. The molecule has 24 heavy (non-hydrogen) atoms. The molecule has 1 aromatic rings. The zero-order chi connectivity index (χ0) is 17.7. The average Bonchev–Trinajstić information content (AvgIpc) is 3.19. The maximum absolute atomic E-state index is 12.2. The summed E-state index contributed by atoms with van der Waals surface area (Å²) in [6.45, 7) is 12.0. The highest BCUT2D eigenvalue weighted by atomic mass is 16.5. The van der Waals surface area contributed by atoms with Gasteiger partial charge in [0.1, 0.15) is 0 Å². The van der Waals surface area contributed by atoms with E-state index in [9.17, 15) is 4.79 Å². The Labute approximate surface area is 144 Å². The predicted molar refractivity (Wildman–Crippen MR) is 92.9 cm³/mol. The molecule has 2 amide bonds. The van der Waals surface area contributed by atoms with Gasteiger partial charge in [-0.3, -0.25) is 0 Å². The lowest BCUT2D eigenvalue weighted by Crippen LogP contribution is -2.41. The minimum absolute atomic E-state index is 0.0365. The van der Waals surface area contributed by atoms with Crippen molar-refractivity contribution in [2.24, 2.45) is 5.92 Å². The molecule has 1 fully saturated rings. The molecule has 0 spiro atoms. The highest BCUT2D eigenvalue weighted by Crippen LogP contribution is 2.17. The number of hydrogen-bond donors (Lipinski definition) is 1. The zero-order valence-corrected chi connectivity index (χ0v) is 15.6. The number of aromatic nitrogens is 2. The van der Waals surface area contributed by atoms with E-state index in [0.717, 1.165) is 26.1 Å². The van der Waals surface area contributed by atoms with Crippen molar-refractivity contribution in [2.45, 2.75) is 52.5 Å². The number of carbonyl (C=O) groups excluding carboxylic acids is 1. The van der Waals surface area contributed by atoms with E-state index >= 15 is 0 Å². The van der Waals surface area contributed by atoms with Crippen LogP contribution in [0.5, 0.6) is 0 Å².